The fourth-order valence-corrected chi connectivity index (χ4v) is 1.82. The molecule has 94 valence electrons. The summed E-state index contributed by atoms with van der Waals surface area (Å²) in [5, 5.41) is 13.0. The lowest BCUT2D eigenvalue weighted by Gasteiger charge is -2.06. The lowest BCUT2D eigenvalue weighted by Crippen LogP contribution is -1.93. The highest BCUT2D eigenvalue weighted by Gasteiger charge is 2.01. The highest BCUT2D eigenvalue weighted by atomic mass is 35.5. The summed E-state index contributed by atoms with van der Waals surface area (Å²) in [5.74, 6) is 0. The molecule has 0 heterocycles. The zero-order valence-corrected chi connectivity index (χ0v) is 11.3. The maximum absolute atomic E-state index is 9.20. The number of rotatable bonds is 3. The SMILES string of the molecule is Cc1ccccc1NC=C(C#N)c1ccc(Cl)cc1. The topological polar surface area (TPSA) is 35.8 Å². The van der Waals surface area contributed by atoms with Crippen molar-refractivity contribution >= 4 is 22.9 Å². The molecule has 0 fully saturated rings. The number of hydrogen-bond acceptors (Lipinski definition) is 2. The number of nitrogens with zero attached hydrogens (tertiary/aromatic N) is 1. The fraction of sp³-hybridized carbons (Fsp3) is 0.0625. The van der Waals surface area contributed by atoms with Crippen molar-refractivity contribution in [3.05, 3.63) is 70.9 Å². The lowest BCUT2D eigenvalue weighted by atomic mass is 10.1. The number of nitrogens with one attached hydrogen (secondary N) is 1. The monoisotopic (exact) mass is 268 g/mol. The maximum atomic E-state index is 9.20. The van der Waals surface area contributed by atoms with Crippen molar-refractivity contribution in [2.45, 2.75) is 6.92 Å². The first kappa shape index (κ1) is 13.2. The van der Waals surface area contributed by atoms with E-state index in [9.17, 15) is 5.26 Å². The fourth-order valence-electron chi connectivity index (χ4n) is 1.69. The predicted molar refractivity (Wildman–Crippen MR) is 79.8 cm³/mol. The van der Waals surface area contributed by atoms with Gasteiger partial charge in [-0.2, -0.15) is 5.26 Å². The van der Waals surface area contributed by atoms with Crippen LogP contribution in [0.4, 0.5) is 5.69 Å². The van der Waals surface area contributed by atoms with E-state index in [4.69, 9.17) is 11.6 Å². The first-order chi connectivity index (χ1) is 9.20. The van der Waals surface area contributed by atoms with E-state index >= 15 is 0 Å². The molecule has 0 amide bonds. The first-order valence-corrected chi connectivity index (χ1v) is 6.27. The van der Waals surface area contributed by atoms with E-state index in [-0.39, 0.29) is 0 Å². The van der Waals surface area contributed by atoms with Gasteiger partial charge in [-0.1, -0.05) is 41.9 Å². The van der Waals surface area contributed by atoms with Crippen molar-refractivity contribution in [2.24, 2.45) is 0 Å². The minimum Gasteiger partial charge on any atom is -0.360 e. The Bertz CT molecular complexity index is 637. The Balaban J connectivity index is 2.23. The standard InChI is InChI=1S/C16H13ClN2/c1-12-4-2-3-5-16(12)19-11-14(10-18)13-6-8-15(17)9-7-13/h2-9,11,19H,1H3. The minimum absolute atomic E-state index is 0.569. The number of allylic oxidation sites excluding steroid dienone is 1. The zero-order valence-electron chi connectivity index (χ0n) is 10.5. The average Bonchev–Trinajstić information content (AvgIpc) is 2.43. The Labute approximate surface area is 118 Å². The summed E-state index contributed by atoms with van der Waals surface area (Å²) in [5.41, 5.74) is 3.53. The Morgan fingerprint density at radius 1 is 1.16 bits per heavy atom. The van der Waals surface area contributed by atoms with Gasteiger partial charge in [0.1, 0.15) is 6.07 Å². The third-order valence-electron chi connectivity index (χ3n) is 2.79. The average molecular weight is 269 g/mol. The van der Waals surface area contributed by atoms with Crippen LogP contribution in [0.15, 0.2) is 54.7 Å². The van der Waals surface area contributed by atoms with E-state index in [1.165, 1.54) is 0 Å². The van der Waals surface area contributed by atoms with Crippen molar-refractivity contribution in [2.75, 3.05) is 5.32 Å². The van der Waals surface area contributed by atoms with Crippen LogP contribution in [0.3, 0.4) is 0 Å². The van der Waals surface area contributed by atoms with Crippen LogP contribution in [-0.4, -0.2) is 0 Å². The number of nitriles is 1. The molecule has 0 radical (unpaired) electrons. The molecule has 0 saturated carbocycles. The number of aryl methyl sites for hydroxylation is 1. The molecule has 2 rings (SSSR count). The van der Waals surface area contributed by atoms with Crippen molar-refractivity contribution in [3.8, 4) is 6.07 Å². The zero-order chi connectivity index (χ0) is 13.7. The van der Waals surface area contributed by atoms with Gasteiger partial charge in [-0.05, 0) is 36.2 Å². The van der Waals surface area contributed by atoms with Gasteiger partial charge in [0.05, 0.1) is 5.57 Å². The van der Waals surface area contributed by atoms with Gasteiger partial charge >= 0.3 is 0 Å². The van der Waals surface area contributed by atoms with Crippen LogP contribution in [0.1, 0.15) is 11.1 Å². The molecular formula is C16H13ClN2. The van der Waals surface area contributed by atoms with Crippen LogP contribution >= 0.6 is 11.6 Å². The number of halogens is 1. The van der Waals surface area contributed by atoms with Gasteiger partial charge in [-0.3, -0.25) is 0 Å². The van der Waals surface area contributed by atoms with Gasteiger partial charge < -0.3 is 5.32 Å². The summed E-state index contributed by atoms with van der Waals surface area (Å²) < 4.78 is 0. The molecule has 19 heavy (non-hydrogen) atoms. The molecule has 0 aliphatic rings. The number of anilines is 1. The molecule has 3 heteroatoms. The van der Waals surface area contributed by atoms with E-state index in [0.29, 0.717) is 10.6 Å². The summed E-state index contributed by atoms with van der Waals surface area (Å²) >= 11 is 5.84. The molecule has 0 aromatic heterocycles. The highest BCUT2D eigenvalue weighted by molar-refractivity contribution is 6.30. The van der Waals surface area contributed by atoms with Crippen molar-refractivity contribution < 1.29 is 0 Å². The normalized spacial score (nSPS) is 10.9. The van der Waals surface area contributed by atoms with Gasteiger partial charge in [0.2, 0.25) is 0 Å². The quantitative estimate of drug-likeness (QED) is 0.824. The second kappa shape index (κ2) is 6.08. The van der Waals surface area contributed by atoms with Gasteiger partial charge in [-0.15, -0.1) is 0 Å². The van der Waals surface area contributed by atoms with E-state index in [2.05, 4.69) is 11.4 Å². The van der Waals surface area contributed by atoms with E-state index in [0.717, 1.165) is 16.8 Å². The predicted octanol–water partition coefficient (Wildman–Crippen LogP) is 4.63. The van der Waals surface area contributed by atoms with Gasteiger partial charge in [0.15, 0.2) is 0 Å². The highest BCUT2D eigenvalue weighted by Crippen LogP contribution is 2.19. The summed E-state index contributed by atoms with van der Waals surface area (Å²) in [6.07, 6.45) is 1.71. The maximum Gasteiger partial charge on any atom is 0.101 e. The number of benzene rings is 2. The van der Waals surface area contributed by atoms with Crippen LogP contribution in [0.2, 0.25) is 5.02 Å². The van der Waals surface area contributed by atoms with Crippen LogP contribution in [0.5, 0.6) is 0 Å². The Morgan fingerprint density at radius 3 is 2.47 bits per heavy atom. The van der Waals surface area contributed by atoms with Crippen LogP contribution < -0.4 is 5.32 Å². The molecule has 2 nitrogen and oxygen atoms in total. The Hall–Kier alpha value is -2.24. The molecule has 0 saturated heterocycles. The minimum atomic E-state index is 0.569. The van der Waals surface area contributed by atoms with E-state index in [1.54, 1.807) is 18.3 Å². The molecule has 0 atom stereocenters. The molecule has 0 aliphatic carbocycles. The first-order valence-electron chi connectivity index (χ1n) is 5.89. The molecule has 0 spiro atoms. The number of para-hydroxylation sites is 1. The molecular weight excluding hydrogens is 256 g/mol. The molecule has 2 aromatic carbocycles. The summed E-state index contributed by atoms with van der Waals surface area (Å²) in [6, 6.07) is 17.3. The van der Waals surface area contributed by atoms with Gasteiger partial charge in [0, 0.05) is 16.9 Å². The summed E-state index contributed by atoms with van der Waals surface area (Å²) in [4.78, 5) is 0. The third-order valence-corrected chi connectivity index (χ3v) is 3.04. The Kier molecular flexibility index (Phi) is 4.22. The van der Waals surface area contributed by atoms with Crippen LogP contribution in [0, 0.1) is 18.3 Å². The number of hydrogen-bond donors (Lipinski definition) is 1. The van der Waals surface area contributed by atoms with Crippen molar-refractivity contribution in [3.63, 3.8) is 0 Å². The van der Waals surface area contributed by atoms with E-state index < -0.39 is 0 Å². The Morgan fingerprint density at radius 2 is 1.84 bits per heavy atom. The second-order valence-corrected chi connectivity index (χ2v) is 4.57. The van der Waals surface area contributed by atoms with Crippen LogP contribution in [-0.2, 0) is 0 Å². The smallest absolute Gasteiger partial charge is 0.101 e. The van der Waals surface area contributed by atoms with Gasteiger partial charge in [0.25, 0.3) is 0 Å². The van der Waals surface area contributed by atoms with Gasteiger partial charge in [-0.25, -0.2) is 0 Å². The van der Waals surface area contributed by atoms with Crippen molar-refractivity contribution in [1.82, 2.24) is 0 Å². The third kappa shape index (κ3) is 3.37. The van der Waals surface area contributed by atoms with E-state index in [1.807, 2.05) is 43.3 Å². The summed E-state index contributed by atoms with van der Waals surface area (Å²) in [7, 11) is 0. The molecule has 2 aromatic rings. The largest absolute Gasteiger partial charge is 0.360 e. The molecule has 0 unspecified atom stereocenters. The summed E-state index contributed by atoms with van der Waals surface area (Å²) in [6.45, 7) is 2.02. The lowest BCUT2D eigenvalue weighted by molar-refractivity contribution is 1.43. The van der Waals surface area contributed by atoms with Crippen molar-refractivity contribution in [1.29, 1.82) is 5.26 Å². The van der Waals surface area contributed by atoms with Crippen LogP contribution in [0.25, 0.3) is 5.57 Å². The molecule has 0 aliphatic heterocycles. The second-order valence-electron chi connectivity index (χ2n) is 4.14. The molecule has 1 N–H and O–H groups in total. The molecule has 0 bridgehead atoms.